The Kier molecular flexibility index (Phi) is 2.97. The van der Waals surface area contributed by atoms with E-state index in [9.17, 15) is 9.59 Å². The van der Waals surface area contributed by atoms with E-state index in [1.807, 2.05) is 0 Å². The van der Waals surface area contributed by atoms with Crippen LogP contribution in [0.1, 0.15) is 27.8 Å². The van der Waals surface area contributed by atoms with Gasteiger partial charge in [-0.2, -0.15) is 5.10 Å². The van der Waals surface area contributed by atoms with Gasteiger partial charge in [0.2, 0.25) is 5.89 Å². The molecule has 7 nitrogen and oxygen atoms in total. The van der Waals surface area contributed by atoms with Crippen LogP contribution in [0.15, 0.2) is 21.3 Å². The first-order chi connectivity index (χ1) is 8.47. The Morgan fingerprint density at radius 1 is 1.44 bits per heavy atom. The summed E-state index contributed by atoms with van der Waals surface area (Å²) in [5, 5.41) is 12.5. The Morgan fingerprint density at radius 3 is 2.72 bits per heavy atom. The zero-order chi connectivity index (χ0) is 13.3. The molecular weight excluding hydrogens is 238 g/mol. The number of aryl methyl sites for hydroxylation is 2. The molecule has 0 atom stereocenters. The van der Waals surface area contributed by atoms with Gasteiger partial charge in [-0.1, -0.05) is 0 Å². The Labute approximate surface area is 102 Å². The van der Waals surface area contributed by atoms with Gasteiger partial charge in [-0.25, -0.2) is 14.5 Å². The summed E-state index contributed by atoms with van der Waals surface area (Å²) in [7, 11) is 0. The third-order valence-corrected chi connectivity index (χ3v) is 2.44. The van der Waals surface area contributed by atoms with Crippen molar-refractivity contribution in [3.8, 4) is 0 Å². The van der Waals surface area contributed by atoms with E-state index in [0.717, 1.165) is 22.5 Å². The second-order valence-electron chi connectivity index (χ2n) is 3.77. The molecule has 0 spiro atoms. The van der Waals surface area contributed by atoms with E-state index in [2.05, 4.69) is 10.1 Å². The van der Waals surface area contributed by atoms with Crippen molar-refractivity contribution < 1.29 is 14.3 Å². The maximum atomic E-state index is 11.5. The van der Waals surface area contributed by atoms with Crippen LogP contribution in [0, 0.1) is 13.8 Å². The van der Waals surface area contributed by atoms with E-state index in [4.69, 9.17) is 9.52 Å². The van der Waals surface area contributed by atoms with Crippen molar-refractivity contribution in [2.75, 3.05) is 0 Å². The van der Waals surface area contributed by atoms with E-state index < -0.39 is 11.5 Å². The second-order valence-corrected chi connectivity index (χ2v) is 3.77. The normalized spacial score (nSPS) is 10.6. The first-order valence-electron chi connectivity index (χ1n) is 5.21. The predicted octanol–water partition coefficient (Wildman–Crippen LogP) is 0.595. The number of rotatable bonds is 3. The summed E-state index contributed by atoms with van der Waals surface area (Å²) in [6.45, 7) is 3.55. The summed E-state index contributed by atoms with van der Waals surface area (Å²) in [6, 6.07) is 2.31. The molecule has 0 fully saturated rings. The molecule has 2 aromatic heterocycles. The molecule has 0 saturated heterocycles. The van der Waals surface area contributed by atoms with Crippen LogP contribution in [0.5, 0.6) is 0 Å². The standard InChI is InChI=1S/C11H11N3O4/c1-6-7(2)18-9(12-6)5-14-10(15)4-3-8(13-14)11(16)17/h3-4H,5H2,1-2H3,(H,16,17). The Hall–Kier alpha value is -2.44. The highest BCUT2D eigenvalue weighted by Gasteiger charge is 2.11. The first kappa shape index (κ1) is 12.0. The number of carboxylic acid groups (broad SMARTS) is 1. The van der Waals surface area contributed by atoms with Crippen molar-refractivity contribution in [3.05, 3.63) is 45.5 Å². The minimum Gasteiger partial charge on any atom is -0.476 e. The molecule has 0 radical (unpaired) electrons. The molecule has 0 bridgehead atoms. The van der Waals surface area contributed by atoms with Gasteiger partial charge in [-0.15, -0.1) is 0 Å². The van der Waals surface area contributed by atoms with E-state index in [1.54, 1.807) is 13.8 Å². The molecule has 0 saturated carbocycles. The Bertz CT molecular complexity index is 637. The van der Waals surface area contributed by atoms with Gasteiger partial charge >= 0.3 is 5.97 Å². The lowest BCUT2D eigenvalue weighted by Crippen LogP contribution is -2.25. The molecule has 0 amide bonds. The molecule has 0 aromatic carbocycles. The number of aromatic nitrogens is 3. The van der Waals surface area contributed by atoms with Gasteiger partial charge < -0.3 is 9.52 Å². The van der Waals surface area contributed by atoms with E-state index in [1.165, 1.54) is 0 Å². The predicted molar refractivity (Wildman–Crippen MR) is 60.5 cm³/mol. The zero-order valence-corrected chi connectivity index (χ0v) is 9.88. The van der Waals surface area contributed by atoms with Crippen LogP contribution in [0.4, 0.5) is 0 Å². The lowest BCUT2D eigenvalue weighted by Gasteiger charge is -2.01. The average molecular weight is 249 g/mol. The van der Waals surface area contributed by atoms with Gasteiger partial charge in [0.05, 0.1) is 5.69 Å². The van der Waals surface area contributed by atoms with Gasteiger partial charge in [0.15, 0.2) is 5.69 Å². The van der Waals surface area contributed by atoms with Crippen LogP contribution >= 0.6 is 0 Å². The Balaban J connectivity index is 2.36. The van der Waals surface area contributed by atoms with Crippen molar-refractivity contribution in [2.24, 2.45) is 0 Å². The molecule has 2 heterocycles. The van der Waals surface area contributed by atoms with Crippen molar-refractivity contribution in [2.45, 2.75) is 20.4 Å². The number of hydrogen-bond acceptors (Lipinski definition) is 5. The maximum absolute atomic E-state index is 11.5. The highest BCUT2D eigenvalue weighted by atomic mass is 16.4. The fourth-order valence-corrected chi connectivity index (χ4v) is 1.41. The highest BCUT2D eigenvalue weighted by Crippen LogP contribution is 2.08. The fourth-order valence-electron chi connectivity index (χ4n) is 1.41. The molecule has 0 aliphatic heterocycles. The Morgan fingerprint density at radius 2 is 2.17 bits per heavy atom. The van der Waals surface area contributed by atoms with Gasteiger partial charge in [-0.05, 0) is 19.9 Å². The molecular formula is C11H11N3O4. The fraction of sp³-hybridized carbons (Fsp3) is 0.273. The number of aromatic carboxylic acids is 1. The van der Waals surface area contributed by atoms with E-state index in [-0.39, 0.29) is 12.2 Å². The molecule has 94 valence electrons. The summed E-state index contributed by atoms with van der Waals surface area (Å²) >= 11 is 0. The van der Waals surface area contributed by atoms with Gasteiger partial charge in [0.25, 0.3) is 5.56 Å². The third-order valence-electron chi connectivity index (χ3n) is 2.44. The molecule has 0 aliphatic carbocycles. The van der Waals surface area contributed by atoms with Crippen LogP contribution < -0.4 is 5.56 Å². The average Bonchev–Trinajstić information content (AvgIpc) is 2.61. The van der Waals surface area contributed by atoms with Gasteiger partial charge in [0.1, 0.15) is 12.3 Å². The molecule has 18 heavy (non-hydrogen) atoms. The van der Waals surface area contributed by atoms with Gasteiger partial charge in [0, 0.05) is 6.07 Å². The molecule has 1 N–H and O–H groups in total. The lowest BCUT2D eigenvalue weighted by molar-refractivity contribution is 0.0687. The van der Waals surface area contributed by atoms with Crippen LogP contribution in [0.25, 0.3) is 0 Å². The van der Waals surface area contributed by atoms with Crippen molar-refractivity contribution in [3.63, 3.8) is 0 Å². The highest BCUT2D eigenvalue weighted by molar-refractivity contribution is 5.84. The van der Waals surface area contributed by atoms with E-state index in [0.29, 0.717) is 11.7 Å². The molecule has 0 unspecified atom stereocenters. The quantitative estimate of drug-likeness (QED) is 0.855. The van der Waals surface area contributed by atoms with Crippen LogP contribution in [0.3, 0.4) is 0 Å². The van der Waals surface area contributed by atoms with Gasteiger partial charge in [-0.3, -0.25) is 4.79 Å². The molecule has 2 rings (SSSR count). The van der Waals surface area contributed by atoms with Crippen LogP contribution in [-0.4, -0.2) is 25.8 Å². The maximum Gasteiger partial charge on any atom is 0.356 e. The SMILES string of the molecule is Cc1nc(Cn2nc(C(=O)O)ccc2=O)oc1C. The summed E-state index contributed by atoms with van der Waals surface area (Å²) < 4.78 is 6.32. The topological polar surface area (TPSA) is 98.2 Å². The zero-order valence-electron chi connectivity index (χ0n) is 9.88. The summed E-state index contributed by atoms with van der Waals surface area (Å²) in [6.07, 6.45) is 0. The number of nitrogens with zero attached hydrogens (tertiary/aromatic N) is 3. The summed E-state index contributed by atoms with van der Waals surface area (Å²) in [4.78, 5) is 26.4. The smallest absolute Gasteiger partial charge is 0.356 e. The minimum absolute atomic E-state index is 0.00856. The summed E-state index contributed by atoms with van der Waals surface area (Å²) in [5.74, 6) is -0.210. The van der Waals surface area contributed by atoms with E-state index >= 15 is 0 Å². The monoisotopic (exact) mass is 249 g/mol. The lowest BCUT2D eigenvalue weighted by atomic mass is 10.4. The van der Waals surface area contributed by atoms with Crippen LogP contribution in [-0.2, 0) is 6.54 Å². The number of carboxylic acids is 1. The second kappa shape index (κ2) is 4.44. The molecule has 7 heteroatoms. The molecule has 0 aliphatic rings. The number of hydrogen-bond donors (Lipinski definition) is 1. The minimum atomic E-state index is -1.19. The van der Waals surface area contributed by atoms with Crippen molar-refractivity contribution >= 4 is 5.97 Å². The third kappa shape index (κ3) is 2.29. The van der Waals surface area contributed by atoms with Crippen molar-refractivity contribution in [1.82, 2.24) is 14.8 Å². The molecule has 2 aromatic rings. The van der Waals surface area contributed by atoms with Crippen LogP contribution in [0.2, 0.25) is 0 Å². The first-order valence-corrected chi connectivity index (χ1v) is 5.21. The van der Waals surface area contributed by atoms with Crippen molar-refractivity contribution in [1.29, 1.82) is 0 Å². The largest absolute Gasteiger partial charge is 0.476 e. The number of carbonyl (C=O) groups is 1. The number of oxazole rings is 1. The summed E-state index contributed by atoms with van der Waals surface area (Å²) in [5.41, 5.74) is 0.121.